The Hall–Kier alpha value is -0.610. The molecule has 0 bridgehead atoms. The molecule has 0 amide bonds. The second kappa shape index (κ2) is 4.45. The van der Waals surface area contributed by atoms with E-state index in [1.165, 1.54) is 0 Å². The summed E-state index contributed by atoms with van der Waals surface area (Å²) in [6.07, 6.45) is 0.757. The van der Waals surface area contributed by atoms with Crippen LogP contribution in [0.15, 0.2) is 0 Å². The van der Waals surface area contributed by atoms with Crippen LogP contribution in [0.2, 0.25) is 0 Å². The van der Waals surface area contributed by atoms with Gasteiger partial charge >= 0.3 is 5.97 Å². The van der Waals surface area contributed by atoms with Gasteiger partial charge in [-0.1, -0.05) is 6.92 Å². The smallest absolute Gasteiger partial charge is 0.311 e. The van der Waals surface area contributed by atoms with Gasteiger partial charge in [0.05, 0.1) is 22.0 Å². The van der Waals surface area contributed by atoms with Gasteiger partial charge in [-0.05, 0) is 54.4 Å². The van der Waals surface area contributed by atoms with Crippen molar-refractivity contribution in [3.05, 3.63) is 0 Å². The van der Waals surface area contributed by atoms with Crippen LogP contribution in [0.5, 0.6) is 0 Å². The Balaban J connectivity index is 2.88. The molecular weight excluding hydrogens is 244 g/mol. The summed E-state index contributed by atoms with van der Waals surface area (Å²) in [5.74, 6) is -0.268. The molecule has 0 aliphatic heterocycles. The normalized spacial score (nSPS) is 23.1. The van der Waals surface area contributed by atoms with Gasteiger partial charge in [0.15, 0.2) is 0 Å². The lowest BCUT2D eigenvalue weighted by Crippen LogP contribution is -2.50. The molecule has 0 saturated heterocycles. The fourth-order valence-electron chi connectivity index (χ4n) is 2.84. The zero-order chi connectivity index (χ0) is 15.3. The van der Waals surface area contributed by atoms with Crippen LogP contribution in [0.3, 0.4) is 0 Å². The van der Waals surface area contributed by atoms with Crippen molar-refractivity contribution < 1.29 is 19.7 Å². The third kappa shape index (κ3) is 2.65. The number of ether oxygens (including phenoxy) is 1. The number of hydrogen-bond donors (Lipinski definition) is 2. The molecule has 1 aliphatic rings. The lowest BCUT2D eigenvalue weighted by molar-refractivity contribution is -0.167. The van der Waals surface area contributed by atoms with Gasteiger partial charge in [0.1, 0.15) is 6.10 Å². The maximum atomic E-state index is 12.1. The Morgan fingerprint density at radius 2 is 1.58 bits per heavy atom. The van der Waals surface area contributed by atoms with E-state index in [9.17, 15) is 15.0 Å². The molecule has 1 aliphatic carbocycles. The highest BCUT2D eigenvalue weighted by Crippen LogP contribution is 2.62. The topological polar surface area (TPSA) is 66.8 Å². The van der Waals surface area contributed by atoms with Crippen molar-refractivity contribution in [1.82, 2.24) is 0 Å². The molecule has 1 saturated carbocycles. The van der Waals surface area contributed by atoms with Gasteiger partial charge in [-0.25, -0.2) is 0 Å². The van der Waals surface area contributed by atoms with E-state index in [-0.39, 0.29) is 5.97 Å². The van der Waals surface area contributed by atoms with Crippen molar-refractivity contribution >= 4 is 5.97 Å². The molecule has 112 valence electrons. The number of esters is 1. The van der Waals surface area contributed by atoms with Crippen molar-refractivity contribution in [3.8, 4) is 0 Å². The van der Waals surface area contributed by atoms with E-state index in [4.69, 9.17) is 4.74 Å². The maximum absolute atomic E-state index is 12.1. The Morgan fingerprint density at radius 3 is 1.84 bits per heavy atom. The third-order valence-corrected chi connectivity index (χ3v) is 4.77. The molecule has 19 heavy (non-hydrogen) atoms. The molecule has 1 fully saturated rings. The Kier molecular flexibility index (Phi) is 3.85. The number of carbonyl (C=O) groups excluding carboxylic acids is 1. The summed E-state index contributed by atoms with van der Waals surface area (Å²) in [6, 6.07) is 0. The first-order valence-electron chi connectivity index (χ1n) is 6.95. The third-order valence-electron chi connectivity index (χ3n) is 4.77. The quantitative estimate of drug-likeness (QED) is 0.753. The van der Waals surface area contributed by atoms with Crippen LogP contribution in [0.4, 0.5) is 0 Å². The second-order valence-corrected chi connectivity index (χ2v) is 7.42. The van der Waals surface area contributed by atoms with Crippen molar-refractivity contribution in [2.75, 3.05) is 0 Å². The second-order valence-electron chi connectivity index (χ2n) is 7.42. The van der Waals surface area contributed by atoms with E-state index in [0.717, 1.165) is 0 Å². The summed E-state index contributed by atoms with van der Waals surface area (Å²) in [5.41, 5.74) is -3.54. The van der Waals surface area contributed by atoms with Crippen molar-refractivity contribution in [1.29, 1.82) is 0 Å². The molecule has 2 N–H and O–H groups in total. The molecular formula is C15H28O4. The van der Waals surface area contributed by atoms with Gasteiger partial charge in [0.25, 0.3) is 0 Å². The van der Waals surface area contributed by atoms with Crippen molar-refractivity contribution in [3.63, 3.8) is 0 Å². The molecule has 0 aromatic rings. The number of hydrogen-bond acceptors (Lipinski definition) is 4. The fraction of sp³-hybridized carbons (Fsp3) is 0.933. The van der Waals surface area contributed by atoms with E-state index >= 15 is 0 Å². The lowest BCUT2D eigenvalue weighted by atomic mass is 9.75. The van der Waals surface area contributed by atoms with Crippen LogP contribution in [-0.4, -0.2) is 33.5 Å². The van der Waals surface area contributed by atoms with Gasteiger partial charge in [-0.15, -0.1) is 0 Å². The molecule has 1 rings (SSSR count). The maximum Gasteiger partial charge on any atom is 0.311 e. The predicted octanol–water partition coefficient (Wildman–Crippen LogP) is 2.27. The summed E-state index contributed by atoms with van der Waals surface area (Å²) in [4.78, 5) is 12.1. The SMILES string of the molecule is CCC(C)(C)C(=O)OC1CC1(C(C)(C)O)C(C)(C)O. The molecule has 0 aromatic carbocycles. The highest BCUT2D eigenvalue weighted by molar-refractivity contribution is 5.76. The summed E-state index contributed by atoms with van der Waals surface area (Å²) >= 11 is 0. The minimum atomic E-state index is -1.10. The molecule has 0 heterocycles. The van der Waals surface area contributed by atoms with Crippen LogP contribution in [0.25, 0.3) is 0 Å². The van der Waals surface area contributed by atoms with E-state index in [1.807, 2.05) is 20.8 Å². The average molecular weight is 272 g/mol. The number of carbonyl (C=O) groups is 1. The minimum Gasteiger partial charge on any atom is -0.461 e. The van der Waals surface area contributed by atoms with E-state index in [0.29, 0.717) is 12.8 Å². The molecule has 0 aromatic heterocycles. The van der Waals surface area contributed by atoms with Crippen molar-refractivity contribution in [2.24, 2.45) is 10.8 Å². The first-order valence-corrected chi connectivity index (χ1v) is 6.95. The number of rotatable bonds is 5. The molecule has 0 spiro atoms. The van der Waals surface area contributed by atoms with Crippen LogP contribution >= 0.6 is 0 Å². The van der Waals surface area contributed by atoms with Crippen LogP contribution in [-0.2, 0) is 9.53 Å². The van der Waals surface area contributed by atoms with E-state index < -0.39 is 28.1 Å². The molecule has 0 radical (unpaired) electrons. The van der Waals surface area contributed by atoms with Gasteiger partial charge < -0.3 is 14.9 Å². The Morgan fingerprint density at radius 1 is 1.16 bits per heavy atom. The van der Waals surface area contributed by atoms with E-state index in [1.54, 1.807) is 27.7 Å². The monoisotopic (exact) mass is 272 g/mol. The molecule has 1 atom stereocenters. The van der Waals surface area contributed by atoms with Crippen molar-refractivity contribution in [2.45, 2.75) is 78.6 Å². The first kappa shape index (κ1) is 16.4. The van der Waals surface area contributed by atoms with Crippen LogP contribution in [0.1, 0.15) is 61.3 Å². The fourth-order valence-corrected chi connectivity index (χ4v) is 2.84. The standard InChI is InChI=1S/C15H28O4/c1-8-12(2,3)11(16)19-10-9-15(10,13(4,5)17)14(6,7)18/h10,17-18H,8-9H2,1-7H3. The minimum absolute atomic E-state index is 0.268. The number of aliphatic hydroxyl groups is 2. The van der Waals surface area contributed by atoms with E-state index in [2.05, 4.69) is 0 Å². The zero-order valence-electron chi connectivity index (χ0n) is 13.2. The highest BCUT2D eigenvalue weighted by atomic mass is 16.6. The zero-order valence-corrected chi connectivity index (χ0v) is 13.2. The summed E-state index contributed by atoms with van der Waals surface area (Å²) in [6.45, 7) is 12.2. The van der Waals surface area contributed by atoms with Gasteiger partial charge in [0.2, 0.25) is 0 Å². The molecule has 4 heteroatoms. The summed E-state index contributed by atoms with van der Waals surface area (Å²) < 4.78 is 5.53. The Bertz CT molecular complexity index is 343. The highest BCUT2D eigenvalue weighted by Gasteiger charge is 2.72. The first-order chi connectivity index (χ1) is 8.29. The van der Waals surface area contributed by atoms with Crippen LogP contribution in [0, 0.1) is 10.8 Å². The van der Waals surface area contributed by atoms with Gasteiger partial charge in [0, 0.05) is 0 Å². The summed E-state index contributed by atoms with van der Waals surface area (Å²) in [7, 11) is 0. The van der Waals surface area contributed by atoms with Gasteiger partial charge in [-0.2, -0.15) is 0 Å². The molecule has 1 unspecified atom stereocenters. The van der Waals surface area contributed by atoms with Gasteiger partial charge in [-0.3, -0.25) is 4.79 Å². The average Bonchev–Trinajstić information content (AvgIpc) is 2.91. The predicted molar refractivity (Wildman–Crippen MR) is 73.6 cm³/mol. The summed E-state index contributed by atoms with van der Waals surface area (Å²) in [5, 5.41) is 20.7. The molecule has 4 nitrogen and oxygen atoms in total. The lowest BCUT2D eigenvalue weighted by Gasteiger charge is -2.39. The largest absolute Gasteiger partial charge is 0.461 e. The Labute approximate surface area is 116 Å². The van der Waals surface area contributed by atoms with Crippen LogP contribution < -0.4 is 0 Å².